The van der Waals surface area contributed by atoms with Crippen LogP contribution in [0.1, 0.15) is 25.0 Å². The highest BCUT2D eigenvalue weighted by molar-refractivity contribution is 8.13. The Morgan fingerprint density at radius 1 is 0.844 bits per heavy atom. The molecule has 0 bridgehead atoms. The molecule has 3 atom stereocenters. The standard InChI is InChI=1S/C24H28N2O5S/c1-16(24(30)31)25-23(29)21(14-19-11-7-4-8-12-19)26-22(28)20(15-32-17(2)27)13-18-9-5-3-6-10-18/h3-12,16,20-21H,13-15H2,1-2H3,(H,25,29)(H,26,28)(H,30,31)/t16-,20?,21-/m0/s1. The summed E-state index contributed by atoms with van der Waals surface area (Å²) in [4.78, 5) is 48.6. The summed E-state index contributed by atoms with van der Waals surface area (Å²) in [6.07, 6.45) is 0.626. The fraction of sp³-hybridized carbons (Fsp3) is 0.333. The van der Waals surface area contributed by atoms with Gasteiger partial charge in [-0.25, -0.2) is 0 Å². The molecule has 7 nitrogen and oxygen atoms in total. The van der Waals surface area contributed by atoms with E-state index in [1.165, 1.54) is 13.8 Å². The maximum atomic E-state index is 13.2. The Bertz CT molecular complexity index is 921. The van der Waals surface area contributed by atoms with Gasteiger partial charge < -0.3 is 15.7 Å². The molecule has 0 radical (unpaired) electrons. The van der Waals surface area contributed by atoms with Crippen molar-refractivity contribution in [2.24, 2.45) is 5.92 Å². The van der Waals surface area contributed by atoms with Gasteiger partial charge in [0.25, 0.3) is 0 Å². The Morgan fingerprint density at radius 2 is 1.38 bits per heavy atom. The van der Waals surface area contributed by atoms with Crippen LogP contribution in [0, 0.1) is 5.92 Å². The van der Waals surface area contributed by atoms with E-state index in [1.54, 1.807) is 0 Å². The number of carboxylic acid groups (broad SMARTS) is 1. The zero-order valence-electron chi connectivity index (χ0n) is 18.1. The second-order valence-corrected chi connectivity index (χ2v) is 8.71. The number of hydrogen-bond donors (Lipinski definition) is 3. The highest BCUT2D eigenvalue weighted by Gasteiger charge is 2.28. The first-order valence-electron chi connectivity index (χ1n) is 10.3. The minimum atomic E-state index is -1.16. The highest BCUT2D eigenvalue weighted by Crippen LogP contribution is 2.17. The van der Waals surface area contributed by atoms with Gasteiger partial charge in [0.1, 0.15) is 12.1 Å². The van der Waals surface area contributed by atoms with Crippen LogP contribution in [0.25, 0.3) is 0 Å². The lowest BCUT2D eigenvalue weighted by molar-refractivity contribution is -0.141. The van der Waals surface area contributed by atoms with Crippen molar-refractivity contribution < 1.29 is 24.3 Å². The third-order valence-electron chi connectivity index (χ3n) is 4.83. The Labute approximate surface area is 192 Å². The van der Waals surface area contributed by atoms with Crippen molar-refractivity contribution in [1.29, 1.82) is 0 Å². The Hall–Kier alpha value is -3.13. The predicted octanol–water partition coefficient (Wildman–Crippen LogP) is 2.44. The third kappa shape index (κ3) is 8.55. The second kappa shape index (κ2) is 12.7. The lowest BCUT2D eigenvalue weighted by atomic mass is 9.98. The van der Waals surface area contributed by atoms with E-state index in [0.29, 0.717) is 6.42 Å². The van der Waals surface area contributed by atoms with Gasteiger partial charge >= 0.3 is 5.97 Å². The van der Waals surface area contributed by atoms with Crippen LogP contribution in [0.15, 0.2) is 60.7 Å². The Balaban J connectivity index is 2.19. The van der Waals surface area contributed by atoms with Crippen LogP contribution >= 0.6 is 11.8 Å². The van der Waals surface area contributed by atoms with Gasteiger partial charge in [-0.1, -0.05) is 72.4 Å². The molecular formula is C24H28N2O5S. The molecule has 0 aliphatic heterocycles. The molecule has 2 aromatic carbocycles. The molecule has 2 aromatic rings. The Kier molecular flexibility index (Phi) is 9.94. The number of amides is 2. The molecule has 1 unspecified atom stereocenters. The van der Waals surface area contributed by atoms with E-state index in [-0.39, 0.29) is 23.2 Å². The van der Waals surface area contributed by atoms with Crippen LogP contribution in [0.2, 0.25) is 0 Å². The van der Waals surface area contributed by atoms with Gasteiger partial charge in [-0.05, 0) is 24.5 Å². The van der Waals surface area contributed by atoms with Gasteiger partial charge in [0.2, 0.25) is 11.8 Å². The molecule has 8 heteroatoms. The van der Waals surface area contributed by atoms with E-state index in [4.69, 9.17) is 5.11 Å². The average molecular weight is 457 g/mol. The van der Waals surface area contributed by atoms with Gasteiger partial charge in [0.15, 0.2) is 5.12 Å². The van der Waals surface area contributed by atoms with Gasteiger partial charge in [-0.15, -0.1) is 0 Å². The fourth-order valence-electron chi connectivity index (χ4n) is 3.07. The number of aliphatic carboxylic acids is 1. The summed E-state index contributed by atoms with van der Waals surface area (Å²) in [5.74, 6) is -2.35. The SMILES string of the molecule is CC(=O)SCC(Cc1ccccc1)C(=O)N[C@@H](Cc1ccccc1)C(=O)N[C@@H](C)C(=O)O. The summed E-state index contributed by atoms with van der Waals surface area (Å²) in [5, 5.41) is 14.2. The third-order valence-corrected chi connectivity index (χ3v) is 5.80. The average Bonchev–Trinajstić information content (AvgIpc) is 2.77. The molecule has 0 saturated carbocycles. The summed E-state index contributed by atoms with van der Waals surface area (Å²) >= 11 is 1.06. The zero-order chi connectivity index (χ0) is 23.5. The summed E-state index contributed by atoms with van der Waals surface area (Å²) in [6.45, 7) is 2.81. The molecule has 0 saturated heterocycles. The molecule has 0 heterocycles. The van der Waals surface area contributed by atoms with Gasteiger partial charge in [0, 0.05) is 19.1 Å². The first-order valence-corrected chi connectivity index (χ1v) is 11.3. The number of rotatable bonds is 11. The predicted molar refractivity (Wildman–Crippen MR) is 124 cm³/mol. The summed E-state index contributed by atoms with van der Waals surface area (Å²) in [7, 11) is 0. The molecule has 2 amide bonds. The van der Waals surface area contributed by atoms with Gasteiger partial charge in [-0.2, -0.15) is 0 Å². The number of carbonyl (C=O) groups excluding carboxylic acids is 3. The van der Waals surface area contributed by atoms with Crippen LogP contribution in [0.4, 0.5) is 0 Å². The van der Waals surface area contributed by atoms with Crippen molar-refractivity contribution in [3.63, 3.8) is 0 Å². The van der Waals surface area contributed by atoms with Crippen LogP contribution in [-0.2, 0) is 32.0 Å². The quantitative estimate of drug-likeness (QED) is 0.479. The molecule has 0 spiro atoms. The van der Waals surface area contributed by atoms with Crippen LogP contribution in [0.5, 0.6) is 0 Å². The molecule has 0 aliphatic carbocycles. The normalized spacial score (nSPS) is 13.4. The number of hydrogen-bond acceptors (Lipinski definition) is 5. The summed E-state index contributed by atoms with van der Waals surface area (Å²) < 4.78 is 0. The van der Waals surface area contributed by atoms with E-state index >= 15 is 0 Å². The number of thioether (sulfide) groups is 1. The van der Waals surface area contributed by atoms with Gasteiger partial charge in [0.05, 0.1) is 5.92 Å². The lowest BCUT2D eigenvalue weighted by Crippen LogP contribution is -2.53. The van der Waals surface area contributed by atoms with Crippen LogP contribution in [-0.4, -0.2) is 45.8 Å². The van der Waals surface area contributed by atoms with E-state index < -0.39 is 29.9 Å². The van der Waals surface area contributed by atoms with Gasteiger partial charge in [-0.3, -0.25) is 19.2 Å². The minimum absolute atomic E-state index is 0.0928. The van der Waals surface area contributed by atoms with Crippen molar-refractivity contribution in [1.82, 2.24) is 10.6 Å². The smallest absolute Gasteiger partial charge is 0.325 e. The number of nitrogens with one attached hydrogen (secondary N) is 2. The van der Waals surface area contributed by atoms with Crippen LogP contribution in [0.3, 0.4) is 0 Å². The summed E-state index contributed by atoms with van der Waals surface area (Å²) in [6, 6.07) is 16.6. The van der Waals surface area contributed by atoms with E-state index in [1.807, 2.05) is 60.7 Å². The summed E-state index contributed by atoms with van der Waals surface area (Å²) in [5.41, 5.74) is 1.77. The second-order valence-electron chi connectivity index (χ2n) is 7.51. The van der Waals surface area contributed by atoms with Crippen molar-refractivity contribution in [3.05, 3.63) is 71.8 Å². The maximum absolute atomic E-state index is 13.2. The van der Waals surface area contributed by atoms with Crippen molar-refractivity contribution >= 4 is 34.7 Å². The first kappa shape index (κ1) is 25.1. The monoisotopic (exact) mass is 456 g/mol. The number of carboxylic acids is 1. The van der Waals surface area contributed by atoms with E-state index in [9.17, 15) is 19.2 Å². The molecule has 3 N–H and O–H groups in total. The fourth-order valence-corrected chi connectivity index (χ4v) is 3.77. The van der Waals surface area contributed by atoms with E-state index in [0.717, 1.165) is 22.9 Å². The minimum Gasteiger partial charge on any atom is -0.480 e. The topological polar surface area (TPSA) is 113 Å². The lowest BCUT2D eigenvalue weighted by Gasteiger charge is -2.23. The molecular weight excluding hydrogens is 428 g/mol. The zero-order valence-corrected chi connectivity index (χ0v) is 18.9. The number of carbonyl (C=O) groups is 4. The Morgan fingerprint density at radius 3 is 1.88 bits per heavy atom. The molecule has 0 aromatic heterocycles. The molecule has 170 valence electrons. The van der Waals surface area contributed by atoms with E-state index in [2.05, 4.69) is 10.6 Å². The highest BCUT2D eigenvalue weighted by atomic mass is 32.2. The molecule has 0 aliphatic rings. The van der Waals surface area contributed by atoms with Crippen molar-refractivity contribution in [2.75, 3.05) is 5.75 Å². The first-order chi connectivity index (χ1) is 15.3. The van der Waals surface area contributed by atoms with Crippen molar-refractivity contribution in [2.45, 2.75) is 38.8 Å². The van der Waals surface area contributed by atoms with Crippen LogP contribution < -0.4 is 10.6 Å². The molecule has 0 fully saturated rings. The maximum Gasteiger partial charge on any atom is 0.325 e. The number of benzene rings is 2. The largest absolute Gasteiger partial charge is 0.480 e. The molecule has 32 heavy (non-hydrogen) atoms. The molecule has 2 rings (SSSR count). The van der Waals surface area contributed by atoms with Crippen molar-refractivity contribution in [3.8, 4) is 0 Å².